The van der Waals surface area contributed by atoms with Gasteiger partial charge in [0.25, 0.3) is 5.69 Å². The zero-order valence-electron chi connectivity index (χ0n) is 8.60. The summed E-state index contributed by atoms with van der Waals surface area (Å²) in [5.41, 5.74) is 2.67. The zero-order valence-corrected chi connectivity index (χ0v) is 9.42. The molecule has 15 heavy (non-hydrogen) atoms. The predicted octanol–water partition coefficient (Wildman–Crippen LogP) is 3.34. The van der Waals surface area contributed by atoms with Crippen LogP contribution in [0.3, 0.4) is 0 Å². The lowest BCUT2D eigenvalue weighted by Gasteiger charge is -2.23. The quantitative estimate of drug-likeness (QED) is 0.570. The molecule has 0 heterocycles. The van der Waals surface area contributed by atoms with E-state index in [0.29, 0.717) is 5.25 Å². The number of hydrogen-bond donors (Lipinski definition) is 0. The molecular weight excluding hydrogens is 210 g/mol. The summed E-state index contributed by atoms with van der Waals surface area (Å²) in [6.07, 6.45) is 5.45. The number of aryl methyl sites for hydroxylation is 1. The van der Waals surface area contributed by atoms with Crippen molar-refractivity contribution in [1.82, 2.24) is 0 Å². The van der Waals surface area contributed by atoms with Gasteiger partial charge in [-0.3, -0.25) is 10.1 Å². The van der Waals surface area contributed by atoms with Crippen LogP contribution in [0.2, 0.25) is 0 Å². The summed E-state index contributed by atoms with van der Waals surface area (Å²) in [5, 5.41) is 11.1. The van der Waals surface area contributed by atoms with Gasteiger partial charge in [-0.05, 0) is 36.6 Å². The number of fused-ring (bicyclic) bond motifs is 1. The first kappa shape index (κ1) is 10.5. The van der Waals surface area contributed by atoms with Gasteiger partial charge < -0.3 is 0 Å². The smallest absolute Gasteiger partial charge is 0.258 e. The van der Waals surface area contributed by atoms with Gasteiger partial charge in [0.2, 0.25) is 0 Å². The Kier molecular flexibility index (Phi) is 2.95. The second kappa shape index (κ2) is 4.23. The molecule has 80 valence electrons. The van der Waals surface area contributed by atoms with Gasteiger partial charge in [0.05, 0.1) is 4.92 Å². The van der Waals surface area contributed by atoms with Gasteiger partial charge in [-0.15, -0.1) is 0 Å². The molecule has 4 heteroatoms. The molecule has 0 spiro atoms. The fourth-order valence-electron chi connectivity index (χ4n) is 2.10. The standard InChI is InChI=1S/C11H13NO2S/c1-15-11-4-2-3-8-5-6-9(12(13)14)7-10(8)11/h5-7,11H,2-4H2,1H3. The first-order chi connectivity index (χ1) is 7.22. The number of nitrogens with zero attached hydrogens (tertiary/aromatic N) is 1. The van der Waals surface area contributed by atoms with E-state index >= 15 is 0 Å². The third kappa shape index (κ3) is 2.00. The number of benzene rings is 1. The first-order valence-corrected chi connectivity index (χ1v) is 6.31. The largest absolute Gasteiger partial charge is 0.269 e. The summed E-state index contributed by atoms with van der Waals surface area (Å²) in [6, 6.07) is 5.27. The Morgan fingerprint density at radius 3 is 3.00 bits per heavy atom. The molecule has 0 saturated carbocycles. The predicted molar refractivity (Wildman–Crippen MR) is 62.3 cm³/mol. The van der Waals surface area contributed by atoms with Gasteiger partial charge in [-0.1, -0.05) is 6.07 Å². The maximum atomic E-state index is 10.7. The maximum absolute atomic E-state index is 10.7. The van der Waals surface area contributed by atoms with E-state index in [1.54, 1.807) is 23.9 Å². The molecule has 2 rings (SSSR count). The highest BCUT2D eigenvalue weighted by molar-refractivity contribution is 7.98. The summed E-state index contributed by atoms with van der Waals surface area (Å²) < 4.78 is 0. The highest BCUT2D eigenvalue weighted by atomic mass is 32.2. The van der Waals surface area contributed by atoms with Gasteiger partial charge in [-0.25, -0.2) is 0 Å². The van der Waals surface area contributed by atoms with Crippen LogP contribution in [0.25, 0.3) is 0 Å². The molecule has 1 unspecified atom stereocenters. The van der Waals surface area contributed by atoms with Gasteiger partial charge in [-0.2, -0.15) is 11.8 Å². The molecule has 0 bridgehead atoms. The maximum Gasteiger partial charge on any atom is 0.269 e. The third-order valence-electron chi connectivity index (χ3n) is 2.88. The van der Waals surface area contributed by atoms with Crippen molar-refractivity contribution in [3.8, 4) is 0 Å². The van der Waals surface area contributed by atoms with Crippen molar-refractivity contribution in [2.24, 2.45) is 0 Å². The van der Waals surface area contributed by atoms with E-state index in [1.165, 1.54) is 17.5 Å². The Balaban J connectivity index is 2.43. The second-order valence-electron chi connectivity index (χ2n) is 3.76. The summed E-state index contributed by atoms with van der Waals surface area (Å²) in [6.45, 7) is 0. The van der Waals surface area contributed by atoms with Crippen molar-refractivity contribution in [1.29, 1.82) is 0 Å². The molecule has 1 aliphatic carbocycles. The van der Waals surface area contributed by atoms with E-state index in [1.807, 2.05) is 6.07 Å². The molecule has 1 aromatic carbocycles. The fourth-order valence-corrected chi connectivity index (χ4v) is 2.98. The molecule has 0 amide bonds. The van der Waals surface area contributed by atoms with Crippen molar-refractivity contribution in [2.45, 2.75) is 24.5 Å². The highest BCUT2D eigenvalue weighted by Crippen LogP contribution is 2.39. The van der Waals surface area contributed by atoms with Gasteiger partial charge in [0.15, 0.2) is 0 Å². The highest BCUT2D eigenvalue weighted by Gasteiger charge is 2.21. The van der Waals surface area contributed by atoms with Crippen LogP contribution in [-0.2, 0) is 6.42 Å². The Bertz CT molecular complexity index is 392. The third-order valence-corrected chi connectivity index (χ3v) is 3.94. The lowest BCUT2D eigenvalue weighted by molar-refractivity contribution is -0.384. The monoisotopic (exact) mass is 223 g/mol. The van der Waals surface area contributed by atoms with E-state index in [0.717, 1.165) is 12.8 Å². The molecule has 0 N–H and O–H groups in total. The van der Waals surface area contributed by atoms with Crippen LogP contribution in [0.1, 0.15) is 29.2 Å². The number of hydrogen-bond acceptors (Lipinski definition) is 3. The van der Waals surface area contributed by atoms with Crippen LogP contribution in [0.5, 0.6) is 0 Å². The zero-order chi connectivity index (χ0) is 10.8. The molecule has 1 aliphatic rings. The minimum absolute atomic E-state index is 0.217. The average molecular weight is 223 g/mol. The van der Waals surface area contributed by atoms with Crippen molar-refractivity contribution in [3.05, 3.63) is 39.4 Å². The van der Waals surface area contributed by atoms with Crippen LogP contribution in [-0.4, -0.2) is 11.2 Å². The molecule has 0 aliphatic heterocycles. The number of nitro groups is 1. The lowest BCUT2D eigenvalue weighted by atomic mass is 9.91. The number of thioether (sulfide) groups is 1. The first-order valence-electron chi connectivity index (χ1n) is 5.02. The minimum atomic E-state index is -0.313. The van der Waals surface area contributed by atoms with E-state index in [-0.39, 0.29) is 10.6 Å². The Hall–Kier alpha value is -1.03. The number of nitro benzene ring substituents is 1. The normalized spacial score (nSPS) is 19.7. The van der Waals surface area contributed by atoms with E-state index < -0.39 is 0 Å². The molecule has 1 atom stereocenters. The van der Waals surface area contributed by atoms with Gasteiger partial charge in [0, 0.05) is 17.4 Å². The topological polar surface area (TPSA) is 43.1 Å². The minimum Gasteiger partial charge on any atom is -0.258 e. The van der Waals surface area contributed by atoms with E-state index in [9.17, 15) is 10.1 Å². The molecule has 1 aromatic rings. The molecule has 0 aromatic heterocycles. The summed E-state index contributed by atoms with van der Waals surface area (Å²) in [7, 11) is 0. The van der Waals surface area contributed by atoms with Crippen LogP contribution < -0.4 is 0 Å². The summed E-state index contributed by atoms with van der Waals surface area (Å²) in [4.78, 5) is 10.4. The van der Waals surface area contributed by atoms with Crippen molar-refractivity contribution >= 4 is 17.4 Å². The Labute approximate surface area is 93.0 Å². The van der Waals surface area contributed by atoms with E-state index in [2.05, 4.69) is 6.26 Å². The molecule has 0 saturated heterocycles. The van der Waals surface area contributed by atoms with Gasteiger partial charge >= 0.3 is 0 Å². The number of rotatable bonds is 2. The second-order valence-corrected chi connectivity index (χ2v) is 4.80. The molecular formula is C11H13NO2S. The summed E-state index contributed by atoms with van der Waals surface area (Å²) >= 11 is 1.79. The Morgan fingerprint density at radius 2 is 2.33 bits per heavy atom. The lowest BCUT2D eigenvalue weighted by Crippen LogP contribution is -2.07. The number of non-ortho nitro benzene ring substituents is 1. The van der Waals surface area contributed by atoms with Crippen molar-refractivity contribution in [3.63, 3.8) is 0 Å². The van der Waals surface area contributed by atoms with Crippen LogP contribution in [0.4, 0.5) is 5.69 Å². The van der Waals surface area contributed by atoms with Crippen LogP contribution in [0.15, 0.2) is 18.2 Å². The van der Waals surface area contributed by atoms with Crippen LogP contribution >= 0.6 is 11.8 Å². The van der Waals surface area contributed by atoms with Crippen LogP contribution in [0, 0.1) is 10.1 Å². The van der Waals surface area contributed by atoms with Crippen molar-refractivity contribution in [2.75, 3.05) is 6.26 Å². The average Bonchev–Trinajstić information content (AvgIpc) is 2.27. The van der Waals surface area contributed by atoms with Gasteiger partial charge in [0.1, 0.15) is 0 Å². The van der Waals surface area contributed by atoms with E-state index in [4.69, 9.17) is 0 Å². The molecule has 3 nitrogen and oxygen atoms in total. The molecule has 0 fully saturated rings. The Morgan fingerprint density at radius 1 is 1.53 bits per heavy atom. The summed E-state index contributed by atoms with van der Waals surface area (Å²) in [5.74, 6) is 0. The molecule has 0 radical (unpaired) electrons. The van der Waals surface area contributed by atoms with Crippen molar-refractivity contribution < 1.29 is 4.92 Å². The fraction of sp³-hybridized carbons (Fsp3) is 0.455. The SMILES string of the molecule is CSC1CCCc2ccc([N+](=O)[O-])cc21.